The number of amides is 1. The van der Waals surface area contributed by atoms with Crippen LogP contribution in [-0.4, -0.2) is 64.4 Å². The second kappa shape index (κ2) is 10.6. The minimum atomic E-state index is -0.134. The molecule has 2 aromatic rings. The van der Waals surface area contributed by atoms with Crippen molar-refractivity contribution in [3.63, 3.8) is 0 Å². The van der Waals surface area contributed by atoms with Gasteiger partial charge >= 0.3 is 0 Å². The molecular formula is C25H35FN4O2. The van der Waals surface area contributed by atoms with Crippen LogP contribution in [0.3, 0.4) is 0 Å². The van der Waals surface area contributed by atoms with Crippen LogP contribution < -0.4 is 0 Å². The molecule has 32 heavy (non-hydrogen) atoms. The summed E-state index contributed by atoms with van der Waals surface area (Å²) < 4.78 is 21.7. The zero-order valence-corrected chi connectivity index (χ0v) is 19.3. The van der Waals surface area contributed by atoms with Gasteiger partial charge in [-0.3, -0.25) is 14.4 Å². The SMILES string of the molecule is CC(C)n1cc(C(=O)N(CC2CCN(Cc3ccccc3F)CC2)C[C@@H]2CCCO2)cn1. The van der Waals surface area contributed by atoms with E-state index in [0.717, 1.165) is 57.5 Å². The fourth-order valence-electron chi connectivity index (χ4n) is 4.69. The van der Waals surface area contributed by atoms with Crippen molar-refractivity contribution in [1.82, 2.24) is 19.6 Å². The monoisotopic (exact) mass is 442 g/mol. The molecule has 0 N–H and O–H groups in total. The van der Waals surface area contributed by atoms with Gasteiger partial charge in [-0.1, -0.05) is 18.2 Å². The molecule has 0 spiro atoms. The summed E-state index contributed by atoms with van der Waals surface area (Å²) in [6.45, 7) is 8.76. The van der Waals surface area contributed by atoms with Crippen molar-refractivity contribution in [1.29, 1.82) is 0 Å². The molecule has 1 aromatic carbocycles. The molecule has 1 amide bonds. The van der Waals surface area contributed by atoms with Gasteiger partial charge in [-0.25, -0.2) is 4.39 Å². The lowest BCUT2D eigenvalue weighted by molar-refractivity contribution is 0.0444. The van der Waals surface area contributed by atoms with Crippen molar-refractivity contribution in [2.24, 2.45) is 5.92 Å². The maximum Gasteiger partial charge on any atom is 0.257 e. The maximum absolute atomic E-state index is 14.0. The molecule has 7 heteroatoms. The molecule has 2 aliphatic rings. The Kier molecular flexibility index (Phi) is 7.58. The number of carbonyl (C=O) groups is 1. The Morgan fingerprint density at radius 2 is 2.00 bits per heavy atom. The minimum Gasteiger partial charge on any atom is -0.376 e. The minimum absolute atomic E-state index is 0.0428. The van der Waals surface area contributed by atoms with E-state index in [2.05, 4.69) is 23.8 Å². The third kappa shape index (κ3) is 5.75. The van der Waals surface area contributed by atoms with Crippen LogP contribution in [0.5, 0.6) is 0 Å². The molecule has 0 bridgehead atoms. The smallest absolute Gasteiger partial charge is 0.257 e. The van der Waals surface area contributed by atoms with Crippen LogP contribution in [-0.2, 0) is 11.3 Å². The van der Waals surface area contributed by atoms with Crippen LogP contribution in [0, 0.1) is 11.7 Å². The number of likely N-dealkylation sites (tertiary alicyclic amines) is 1. The predicted molar refractivity (Wildman–Crippen MR) is 122 cm³/mol. The molecule has 6 nitrogen and oxygen atoms in total. The first-order valence-electron chi connectivity index (χ1n) is 11.9. The van der Waals surface area contributed by atoms with Gasteiger partial charge in [0.05, 0.1) is 17.9 Å². The number of nitrogens with zero attached hydrogens (tertiary/aromatic N) is 4. The van der Waals surface area contributed by atoms with E-state index in [9.17, 15) is 9.18 Å². The Balaban J connectivity index is 1.36. The fourth-order valence-corrected chi connectivity index (χ4v) is 4.69. The summed E-state index contributed by atoms with van der Waals surface area (Å²) >= 11 is 0. The molecule has 2 aliphatic heterocycles. The molecule has 174 valence electrons. The molecule has 0 aliphatic carbocycles. The number of hydrogen-bond acceptors (Lipinski definition) is 4. The van der Waals surface area contributed by atoms with Gasteiger partial charge in [0.1, 0.15) is 5.82 Å². The summed E-state index contributed by atoms with van der Waals surface area (Å²) in [7, 11) is 0. The Hall–Kier alpha value is -2.25. The second-order valence-corrected chi connectivity index (χ2v) is 9.46. The number of halogens is 1. The topological polar surface area (TPSA) is 50.6 Å². The highest BCUT2D eigenvalue weighted by molar-refractivity contribution is 5.93. The van der Waals surface area contributed by atoms with Gasteiger partial charge in [0.25, 0.3) is 5.91 Å². The van der Waals surface area contributed by atoms with Crippen molar-refractivity contribution >= 4 is 5.91 Å². The van der Waals surface area contributed by atoms with Gasteiger partial charge in [-0.05, 0) is 64.6 Å². The number of ether oxygens (including phenoxy) is 1. The maximum atomic E-state index is 14.0. The molecule has 0 unspecified atom stereocenters. The quantitative estimate of drug-likeness (QED) is 0.617. The third-order valence-corrected chi connectivity index (χ3v) is 6.65. The predicted octanol–water partition coefficient (Wildman–Crippen LogP) is 4.14. The summed E-state index contributed by atoms with van der Waals surface area (Å²) in [6.07, 6.45) is 7.75. The van der Waals surface area contributed by atoms with E-state index in [4.69, 9.17) is 4.74 Å². The Morgan fingerprint density at radius 1 is 1.22 bits per heavy atom. The molecule has 1 atom stereocenters. The van der Waals surface area contributed by atoms with Crippen molar-refractivity contribution in [3.05, 3.63) is 53.6 Å². The van der Waals surface area contributed by atoms with Gasteiger partial charge in [0, 0.05) is 44.0 Å². The Labute approximate surface area is 190 Å². The largest absolute Gasteiger partial charge is 0.376 e. The van der Waals surface area contributed by atoms with Gasteiger partial charge in [-0.2, -0.15) is 5.10 Å². The molecule has 0 saturated carbocycles. The highest BCUT2D eigenvalue weighted by Crippen LogP contribution is 2.23. The summed E-state index contributed by atoms with van der Waals surface area (Å²) in [5.41, 5.74) is 1.40. The van der Waals surface area contributed by atoms with Crippen molar-refractivity contribution in [2.75, 3.05) is 32.8 Å². The summed E-state index contributed by atoms with van der Waals surface area (Å²) in [4.78, 5) is 17.6. The molecule has 2 saturated heterocycles. The summed E-state index contributed by atoms with van der Waals surface area (Å²) in [5.74, 6) is 0.350. The van der Waals surface area contributed by atoms with Crippen LogP contribution in [0.1, 0.15) is 61.5 Å². The second-order valence-electron chi connectivity index (χ2n) is 9.46. The number of carbonyl (C=O) groups excluding carboxylic acids is 1. The molecule has 3 heterocycles. The lowest BCUT2D eigenvalue weighted by Gasteiger charge is -2.35. The van der Waals surface area contributed by atoms with Crippen LogP contribution in [0.15, 0.2) is 36.7 Å². The number of aromatic nitrogens is 2. The number of piperidine rings is 1. The van der Waals surface area contributed by atoms with Crippen LogP contribution in [0.2, 0.25) is 0 Å². The summed E-state index contributed by atoms with van der Waals surface area (Å²) in [6, 6.07) is 7.23. The average molecular weight is 443 g/mol. The highest BCUT2D eigenvalue weighted by atomic mass is 19.1. The lowest BCUT2D eigenvalue weighted by atomic mass is 9.95. The van der Waals surface area contributed by atoms with E-state index in [-0.39, 0.29) is 23.9 Å². The van der Waals surface area contributed by atoms with E-state index in [1.165, 1.54) is 6.07 Å². The number of hydrogen-bond donors (Lipinski definition) is 0. The van der Waals surface area contributed by atoms with Gasteiger partial charge in [-0.15, -0.1) is 0 Å². The first-order chi connectivity index (χ1) is 15.5. The van der Waals surface area contributed by atoms with E-state index >= 15 is 0 Å². The van der Waals surface area contributed by atoms with Crippen molar-refractivity contribution in [3.8, 4) is 0 Å². The highest BCUT2D eigenvalue weighted by Gasteiger charge is 2.28. The standard InChI is InChI=1S/C25H35FN4O2/c1-19(2)30-17-22(14-27-30)25(31)29(18-23-7-5-13-32-23)15-20-9-11-28(12-10-20)16-21-6-3-4-8-24(21)26/h3-4,6,8,14,17,19-20,23H,5,7,9-13,15-16,18H2,1-2H3/t23-/m0/s1. The molecular weight excluding hydrogens is 407 g/mol. The van der Waals surface area contributed by atoms with Crippen LogP contribution >= 0.6 is 0 Å². The zero-order chi connectivity index (χ0) is 22.5. The fraction of sp³-hybridized carbons (Fsp3) is 0.600. The molecule has 2 fully saturated rings. The van der Waals surface area contributed by atoms with Gasteiger partial charge in [0.2, 0.25) is 0 Å². The van der Waals surface area contributed by atoms with Crippen LogP contribution in [0.4, 0.5) is 4.39 Å². The van der Waals surface area contributed by atoms with E-state index in [1.807, 2.05) is 27.9 Å². The first-order valence-corrected chi connectivity index (χ1v) is 11.9. The number of rotatable bonds is 8. The average Bonchev–Trinajstić information content (AvgIpc) is 3.48. The number of benzene rings is 1. The third-order valence-electron chi connectivity index (χ3n) is 6.65. The van der Waals surface area contributed by atoms with Crippen molar-refractivity contribution in [2.45, 2.75) is 58.2 Å². The Bertz CT molecular complexity index is 886. The van der Waals surface area contributed by atoms with Crippen LogP contribution in [0.25, 0.3) is 0 Å². The summed E-state index contributed by atoms with van der Waals surface area (Å²) in [5, 5.41) is 4.36. The lowest BCUT2D eigenvalue weighted by Crippen LogP contribution is -2.43. The molecule has 0 radical (unpaired) electrons. The molecule has 1 aromatic heterocycles. The molecule has 4 rings (SSSR count). The first kappa shape index (κ1) is 22.9. The normalized spacial score (nSPS) is 20.2. The zero-order valence-electron chi connectivity index (χ0n) is 19.3. The van der Waals surface area contributed by atoms with E-state index in [1.54, 1.807) is 12.3 Å². The van der Waals surface area contributed by atoms with E-state index in [0.29, 0.717) is 24.6 Å². The van der Waals surface area contributed by atoms with Gasteiger partial charge in [0.15, 0.2) is 0 Å². The van der Waals surface area contributed by atoms with E-state index < -0.39 is 0 Å². The Morgan fingerprint density at radius 3 is 2.66 bits per heavy atom. The van der Waals surface area contributed by atoms with Gasteiger partial charge < -0.3 is 9.64 Å². The van der Waals surface area contributed by atoms with Crippen molar-refractivity contribution < 1.29 is 13.9 Å².